The van der Waals surface area contributed by atoms with Gasteiger partial charge < -0.3 is 11.1 Å². The van der Waals surface area contributed by atoms with Crippen molar-refractivity contribution in [2.75, 3.05) is 0 Å². The van der Waals surface area contributed by atoms with Crippen LogP contribution >= 0.6 is 0 Å². The summed E-state index contributed by atoms with van der Waals surface area (Å²) in [6, 6.07) is 8.12. The molecule has 0 aliphatic heterocycles. The molecule has 1 amide bonds. The first kappa shape index (κ1) is 14.1. The monoisotopic (exact) mass is 260 g/mol. The van der Waals surface area contributed by atoms with E-state index >= 15 is 0 Å². The number of rotatable bonds is 4. The lowest BCUT2D eigenvalue weighted by molar-refractivity contribution is -0.122. The maximum atomic E-state index is 12.0. The fraction of sp³-hybridized carbons (Fsp3) is 0.562. The largest absolute Gasteiger partial charge is 0.352 e. The fourth-order valence-electron chi connectivity index (χ4n) is 2.82. The Kier molecular flexibility index (Phi) is 4.59. The number of carbonyl (C=O) groups is 1. The first-order valence-corrected chi connectivity index (χ1v) is 7.19. The Morgan fingerprint density at radius 1 is 1.26 bits per heavy atom. The van der Waals surface area contributed by atoms with E-state index in [1.54, 1.807) is 0 Å². The van der Waals surface area contributed by atoms with Gasteiger partial charge in [-0.1, -0.05) is 43.5 Å². The third kappa shape index (κ3) is 4.06. The minimum absolute atomic E-state index is 0.0765. The SMILES string of the molecule is Cc1ccccc1CNC(=O)CC1(N)CCCCC1. The molecule has 1 aliphatic carbocycles. The standard InChI is InChI=1S/C16H24N2O/c1-13-7-3-4-8-14(13)12-18-15(19)11-16(17)9-5-2-6-10-16/h3-4,7-8H,2,5-6,9-12,17H2,1H3,(H,18,19). The van der Waals surface area contributed by atoms with Gasteiger partial charge >= 0.3 is 0 Å². The molecule has 0 unspecified atom stereocenters. The van der Waals surface area contributed by atoms with Crippen LogP contribution in [0.2, 0.25) is 0 Å². The van der Waals surface area contributed by atoms with Crippen LogP contribution in [0, 0.1) is 6.92 Å². The van der Waals surface area contributed by atoms with Crippen molar-refractivity contribution in [1.29, 1.82) is 0 Å². The van der Waals surface area contributed by atoms with Crippen molar-refractivity contribution in [3.63, 3.8) is 0 Å². The number of amides is 1. The van der Waals surface area contributed by atoms with E-state index < -0.39 is 0 Å². The Morgan fingerprint density at radius 2 is 1.95 bits per heavy atom. The molecule has 0 saturated heterocycles. The summed E-state index contributed by atoms with van der Waals surface area (Å²) >= 11 is 0. The molecule has 3 N–H and O–H groups in total. The minimum atomic E-state index is -0.270. The average molecular weight is 260 g/mol. The van der Waals surface area contributed by atoms with E-state index in [2.05, 4.69) is 24.4 Å². The zero-order valence-electron chi connectivity index (χ0n) is 11.7. The summed E-state index contributed by atoms with van der Waals surface area (Å²) in [5.74, 6) is 0.0765. The summed E-state index contributed by atoms with van der Waals surface area (Å²) in [6.07, 6.45) is 5.97. The maximum Gasteiger partial charge on any atom is 0.222 e. The van der Waals surface area contributed by atoms with Crippen LogP contribution in [0.1, 0.15) is 49.7 Å². The Bertz CT molecular complexity index is 436. The molecule has 1 aromatic carbocycles. The van der Waals surface area contributed by atoms with E-state index in [4.69, 9.17) is 5.73 Å². The molecule has 104 valence electrons. The third-order valence-corrected chi connectivity index (χ3v) is 4.10. The van der Waals surface area contributed by atoms with E-state index in [-0.39, 0.29) is 11.4 Å². The number of benzene rings is 1. The van der Waals surface area contributed by atoms with Crippen molar-refractivity contribution < 1.29 is 4.79 Å². The van der Waals surface area contributed by atoms with Crippen LogP contribution in [0.4, 0.5) is 0 Å². The van der Waals surface area contributed by atoms with Gasteiger partial charge in [0.1, 0.15) is 0 Å². The van der Waals surface area contributed by atoms with Crippen LogP contribution < -0.4 is 11.1 Å². The minimum Gasteiger partial charge on any atom is -0.352 e. The van der Waals surface area contributed by atoms with Crippen molar-refractivity contribution in [2.45, 2.75) is 57.5 Å². The molecule has 1 fully saturated rings. The van der Waals surface area contributed by atoms with Gasteiger partial charge in [0.2, 0.25) is 5.91 Å². The number of nitrogens with two attached hydrogens (primary N) is 1. The lowest BCUT2D eigenvalue weighted by Gasteiger charge is -2.32. The second-order valence-corrected chi connectivity index (χ2v) is 5.80. The summed E-state index contributed by atoms with van der Waals surface area (Å²) in [6.45, 7) is 2.66. The summed E-state index contributed by atoms with van der Waals surface area (Å²) in [7, 11) is 0. The van der Waals surface area contributed by atoms with Gasteiger partial charge in [-0.05, 0) is 30.9 Å². The van der Waals surface area contributed by atoms with E-state index in [1.807, 2.05) is 12.1 Å². The molecule has 3 nitrogen and oxygen atoms in total. The summed E-state index contributed by atoms with van der Waals surface area (Å²) in [4.78, 5) is 12.0. The van der Waals surface area contributed by atoms with Gasteiger partial charge in [-0.15, -0.1) is 0 Å². The number of aryl methyl sites for hydroxylation is 1. The number of hydrogen-bond acceptors (Lipinski definition) is 2. The smallest absolute Gasteiger partial charge is 0.222 e. The Hall–Kier alpha value is -1.35. The van der Waals surface area contributed by atoms with E-state index in [0.29, 0.717) is 13.0 Å². The van der Waals surface area contributed by atoms with Gasteiger partial charge in [-0.25, -0.2) is 0 Å². The third-order valence-electron chi connectivity index (χ3n) is 4.10. The molecule has 0 radical (unpaired) electrons. The topological polar surface area (TPSA) is 55.1 Å². The van der Waals surface area contributed by atoms with Crippen LogP contribution in [0.25, 0.3) is 0 Å². The highest BCUT2D eigenvalue weighted by atomic mass is 16.1. The normalized spacial score (nSPS) is 18.0. The highest BCUT2D eigenvalue weighted by Gasteiger charge is 2.29. The molecule has 1 saturated carbocycles. The molecule has 19 heavy (non-hydrogen) atoms. The fourth-order valence-corrected chi connectivity index (χ4v) is 2.82. The Balaban J connectivity index is 1.83. The van der Waals surface area contributed by atoms with Gasteiger partial charge in [0, 0.05) is 18.5 Å². The van der Waals surface area contributed by atoms with Gasteiger partial charge in [-0.3, -0.25) is 4.79 Å². The molecular formula is C16H24N2O. The Morgan fingerprint density at radius 3 is 2.63 bits per heavy atom. The number of nitrogens with one attached hydrogen (secondary N) is 1. The lowest BCUT2D eigenvalue weighted by atomic mass is 9.80. The van der Waals surface area contributed by atoms with E-state index in [0.717, 1.165) is 25.7 Å². The lowest BCUT2D eigenvalue weighted by Crippen LogP contribution is -2.45. The van der Waals surface area contributed by atoms with Crippen molar-refractivity contribution in [2.24, 2.45) is 5.73 Å². The van der Waals surface area contributed by atoms with Gasteiger partial charge in [0.05, 0.1) is 0 Å². The average Bonchev–Trinajstić information content (AvgIpc) is 2.38. The van der Waals surface area contributed by atoms with Crippen LogP contribution in [0.5, 0.6) is 0 Å². The van der Waals surface area contributed by atoms with Crippen molar-refractivity contribution in [3.8, 4) is 0 Å². The van der Waals surface area contributed by atoms with E-state index in [9.17, 15) is 4.79 Å². The molecule has 0 heterocycles. The van der Waals surface area contributed by atoms with Crippen LogP contribution in [-0.2, 0) is 11.3 Å². The predicted molar refractivity (Wildman–Crippen MR) is 77.6 cm³/mol. The molecular weight excluding hydrogens is 236 g/mol. The zero-order valence-corrected chi connectivity index (χ0v) is 11.7. The van der Waals surface area contributed by atoms with Crippen LogP contribution in [0.3, 0.4) is 0 Å². The predicted octanol–water partition coefficient (Wildman–Crippen LogP) is 2.66. The molecule has 1 aliphatic rings. The number of carbonyl (C=O) groups excluding carboxylic acids is 1. The highest BCUT2D eigenvalue weighted by Crippen LogP contribution is 2.28. The first-order valence-electron chi connectivity index (χ1n) is 7.19. The Labute approximate surface area is 115 Å². The molecule has 2 rings (SSSR count). The molecule has 0 atom stereocenters. The highest BCUT2D eigenvalue weighted by molar-refractivity contribution is 5.77. The number of hydrogen-bond donors (Lipinski definition) is 2. The van der Waals surface area contributed by atoms with Crippen LogP contribution in [0.15, 0.2) is 24.3 Å². The first-order chi connectivity index (χ1) is 9.09. The zero-order chi connectivity index (χ0) is 13.7. The van der Waals surface area contributed by atoms with Gasteiger partial charge in [0.25, 0.3) is 0 Å². The quantitative estimate of drug-likeness (QED) is 0.874. The van der Waals surface area contributed by atoms with Crippen molar-refractivity contribution in [1.82, 2.24) is 5.32 Å². The molecule has 0 aromatic heterocycles. The van der Waals surface area contributed by atoms with Gasteiger partial charge in [0.15, 0.2) is 0 Å². The van der Waals surface area contributed by atoms with E-state index in [1.165, 1.54) is 17.5 Å². The molecule has 3 heteroatoms. The van der Waals surface area contributed by atoms with Gasteiger partial charge in [-0.2, -0.15) is 0 Å². The summed E-state index contributed by atoms with van der Waals surface area (Å²) in [5.41, 5.74) is 8.41. The summed E-state index contributed by atoms with van der Waals surface area (Å²) < 4.78 is 0. The molecule has 0 spiro atoms. The second-order valence-electron chi connectivity index (χ2n) is 5.80. The van der Waals surface area contributed by atoms with Crippen LogP contribution in [-0.4, -0.2) is 11.4 Å². The van der Waals surface area contributed by atoms with Crippen molar-refractivity contribution >= 4 is 5.91 Å². The summed E-state index contributed by atoms with van der Waals surface area (Å²) in [5, 5.41) is 2.99. The van der Waals surface area contributed by atoms with Crippen molar-refractivity contribution in [3.05, 3.63) is 35.4 Å². The second kappa shape index (κ2) is 6.20. The molecule has 1 aromatic rings. The maximum absolute atomic E-state index is 12.0. The molecule has 0 bridgehead atoms.